The molecule has 0 radical (unpaired) electrons. The number of hydrogen-bond acceptors (Lipinski definition) is 2. The van der Waals surface area contributed by atoms with Crippen LogP contribution in [0.5, 0.6) is 5.75 Å². The summed E-state index contributed by atoms with van der Waals surface area (Å²) in [6, 6.07) is 6.40. The predicted molar refractivity (Wildman–Crippen MR) is 85.4 cm³/mol. The fourth-order valence-corrected chi connectivity index (χ4v) is 2.27. The second kappa shape index (κ2) is 8.31. The van der Waals surface area contributed by atoms with Crippen LogP contribution in [0.15, 0.2) is 18.2 Å². The first kappa shape index (κ1) is 17.0. The first-order valence-corrected chi connectivity index (χ1v) is 7.99. The van der Waals surface area contributed by atoms with Gasteiger partial charge in [0, 0.05) is 0 Å². The molecule has 1 rings (SSSR count). The van der Waals surface area contributed by atoms with Crippen molar-refractivity contribution in [3.05, 3.63) is 29.3 Å². The maximum atomic E-state index is 10.3. The van der Waals surface area contributed by atoms with Crippen molar-refractivity contribution in [3.8, 4) is 5.75 Å². The SMILES string of the molecule is CCCCCc1ccc(OCC(O)(CC)CC)c(C)c1. The van der Waals surface area contributed by atoms with Gasteiger partial charge in [0.2, 0.25) is 0 Å². The van der Waals surface area contributed by atoms with Crippen molar-refractivity contribution < 1.29 is 9.84 Å². The highest BCUT2D eigenvalue weighted by molar-refractivity contribution is 5.36. The zero-order valence-electron chi connectivity index (χ0n) is 13.5. The van der Waals surface area contributed by atoms with Gasteiger partial charge in [-0.15, -0.1) is 0 Å². The number of aryl methyl sites for hydroxylation is 2. The van der Waals surface area contributed by atoms with Crippen LogP contribution in [0.25, 0.3) is 0 Å². The van der Waals surface area contributed by atoms with Gasteiger partial charge in [-0.3, -0.25) is 0 Å². The minimum Gasteiger partial charge on any atom is -0.490 e. The maximum absolute atomic E-state index is 10.3. The Balaban J connectivity index is 2.59. The van der Waals surface area contributed by atoms with Crippen LogP contribution in [-0.2, 0) is 6.42 Å². The Morgan fingerprint density at radius 2 is 1.80 bits per heavy atom. The van der Waals surface area contributed by atoms with Gasteiger partial charge in [-0.05, 0) is 49.8 Å². The van der Waals surface area contributed by atoms with Gasteiger partial charge in [0.1, 0.15) is 12.4 Å². The Hall–Kier alpha value is -1.02. The molecule has 1 aromatic carbocycles. The Morgan fingerprint density at radius 3 is 2.35 bits per heavy atom. The normalized spacial score (nSPS) is 11.7. The van der Waals surface area contributed by atoms with Crippen LogP contribution in [0, 0.1) is 6.92 Å². The lowest BCUT2D eigenvalue weighted by Gasteiger charge is -2.25. The minimum atomic E-state index is -0.702. The van der Waals surface area contributed by atoms with Gasteiger partial charge in [-0.25, -0.2) is 0 Å². The van der Waals surface area contributed by atoms with Crippen LogP contribution in [0.2, 0.25) is 0 Å². The molecular formula is C18H30O2. The molecule has 1 aromatic rings. The van der Waals surface area contributed by atoms with E-state index in [1.807, 2.05) is 19.9 Å². The molecule has 0 aromatic heterocycles. The van der Waals surface area contributed by atoms with E-state index in [0.717, 1.165) is 30.6 Å². The van der Waals surface area contributed by atoms with E-state index in [4.69, 9.17) is 4.74 Å². The highest BCUT2D eigenvalue weighted by atomic mass is 16.5. The van der Waals surface area contributed by atoms with Crippen LogP contribution in [0.1, 0.15) is 64.0 Å². The van der Waals surface area contributed by atoms with E-state index in [9.17, 15) is 5.11 Å². The summed E-state index contributed by atoms with van der Waals surface area (Å²) >= 11 is 0. The Labute approximate surface area is 124 Å². The van der Waals surface area contributed by atoms with Gasteiger partial charge in [0.25, 0.3) is 0 Å². The molecule has 20 heavy (non-hydrogen) atoms. The third-order valence-electron chi connectivity index (χ3n) is 4.12. The number of ether oxygens (including phenoxy) is 1. The minimum absolute atomic E-state index is 0.371. The van der Waals surface area contributed by atoms with Crippen molar-refractivity contribution in [2.24, 2.45) is 0 Å². The van der Waals surface area contributed by atoms with E-state index < -0.39 is 5.60 Å². The number of unbranched alkanes of at least 4 members (excludes halogenated alkanes) is 2. The summed E-state index contributed by atoms with van der Waals surface area (Å²) in [5, 5.41) is 10.3. The van der Waals surface area contributed by atoms with Crippen molar-refractivity contribution >= 4 is 0 Å². The highest BCUT2D eigenvalue weighted by Crippen LogP contribution is 2.23. The van der Waals surface area contributed by atoms with Crippen molar-refractivity contribution in [3.63, 3.8) is 0 Å². The average molecular weight is 278 g/mol. The van der Waals surface area contributed by atoms with E-state index in [0.29, 0.717) is 6.61 Å². The van der Waals surface area contributed by atoms with E-state index >= 15 is 0 Å². The molecule has 0 saturated carbocycles. The van der Waals surface area contributed by atoms with Crippen LogP contribution in [0.3, 0.4) is 0 Å². The molecule has 0 aliphatic rings. The van der Waals surface area contributed by atoms with Gasteiger partial charge >= 0.3 is 0 Å². The molecule has 0 aliphatic heterocycles. The predicted octanol–water partition coefficient (Wildman–Crippen LogP) is 4.66. The molecule has 0 atom stereocenters. The largest absolute Gasteiger partial charge is 0.490 e. The molecule has 0 unspecified atom stereocenters. The molecule has 1 N–H and O–H groups in total. The number of rotatable bonds is 9. The van der Waals surface area contributed by atoms with Gasteiger partial charge in [-0.2, -0.15) is 0 Å². The van der Waals surface area contributed by atoms with Gasteiger partial charge in [0.15, 0.2) is 0 Å². The van der Waals surface area contributed by atoms with Crippen LogP contribution >= 0.6 is 0 Å². The Morgan fingerprint density at radius 1 is 1.10 bits per heavy atom. The summed E-state index contributed by atoms with van der Waals surface area (Å²) in [6.07, 6.45) is 6.38. The van der Waals surface area contributed by atoms with Gasteiger partial charge in [-0.1, -0.05) is 45.7 Å². The second-order valence-electron chi connectivity index (χ2n) is 5.78. The first-order valence-electron chi connectivity index (χ1n) is 7.99. The van der Waals surface area contributed by atoms with E-state index in [2.05, 4.69) is 26.0 Å². The zero-order chi connectivity index (χ0) is 15.0. The molecule has 0 fully saturated rings. The third kappa shape index (κ3) is 5.16. The Kier molecular flexibility index (Phi) is 7.08. The van der Waals surface area contributed by atoms with E-state index in [-0.39, 0.29) is 0 Å². The molecule has 0 bridgehead atoms. The van der Waals surface area contributed by atoms with Crippen molar-refractivity contribution in [2.45, 2.75) is 71.8 Å². The third-order valence-corrected chi connectivity index (χ3v) is 4.12. The molecule has 2 heteroatoms. The number of benzene rings is 1. The smallest absolute Gasteiger partial charge is 0.122 e. The lowest BCUT2D eigenvalue weighted by Crippen LogP contribution is -2.34. The standard InChI is InChI=1S/C18H30O2/c1-5-8-9-10-16-11-12-17(15(4)13-16)20-14-18(19,6-2)7-3/h11-13,19H,5-10,14H2,1-4H3. The molecule has 114 valence electrons. The van der Waals surface area contributed by atoms with Crippen molar-refractivity contribution in [1.82, 2.24) is 0 Å². The van der Waals surface area contributed by atoms with Gasteiger partial charge < -0.3 is 9.84 Å². The zero-order valence-corrected chi connectivity index (χ0v) is 13.5. The summed E-state index contributed by atoms with van der Waals surface area (Å²) in [5.41, 5.74) is 1.84. The molecule has 0 spiro atoms. The van der Waals surface area contributed by atoms with Gasteiger partial charge in [0.05, 0.1) is 5.60 Å². The fourth-order valence-electron chi connectivity index (χ4n) is 2.27. The summed E-state index contributed by atoms with van der Waals surface area (Å²) < 4.78 is 5.81. The molecule has 0 amide bonds. The number of hydrogen-bond donors (Lipinski definition) is 1. The summed E-state index contributed by atoms with van der Waals surface area (Å²) in [7, 11) is 0. The highest BCUT2D eigenvalue weighted by Gasteiger charge is 2.23. The summed E-state index contributed by atoms with van der Waals surface area (Å²) in [5.74, 6) is 0.893. The lowest BCUT2D eigenvalue weighted by molar-refractivity contribution is -0.0115. The van der Waals surface area contributed by atoms with Crippen LogP contribution < -0.4 is 4.74 Å². The number of aliphatic hydroxyl groups is 1. The molecule has 0 heterocycles. The topological polar surface area (TPSA) is 29.5 Å². The van der Waals surface area contributed by atoms with Crippen molar-refractivity contribution in [1.29, 1.82) is 0 Å². The average Bonchev–Trinajstić information content (AvgIpc) is 2.46. The maximum Gasteiger partial charge on any atom is 0.122 e. The molecule has 0 saturated heterocycles. The lowest BCUT2D eigenvalue weighted by atomic mass is 9.99. The second-order valence-corrected chi connectivity index (χ2v) is 5.78. The first-order chi connectivity index (χ1) is 9.54. The molecule has 2 nitrogen and oxygen atoms in total. The quantitative estimate of drug-likeness (QED) is 0.666. The van der Waals surface area contributed by atoms with Crippen LogP contribution in [0.4, 0.5) is 0 Å². The van der Waals surface area contributed by atoms with E-state index in [1.165, 1.54) is 24.8 Å². The molecule has 0 aliphatic carbocycles. The molecular weight excluding hydrogens is 248 g/mol. The van der Waals surface area contributed by atoms with E-state index in [1.54, 1.807) is 0 Å². The van der Waals surface area contributed by atoms with Crippen molar-refractivity contribution in [2.75, 3.05) is 6.61 Å². The Bertz CT molecular complexity index is 394. The summed E-state index contributed by atoms with van der Waals surface area (Å²) in [4.78, 5) is 0. The monoisotopic (exact) mass is 278 g/mol. The van der Waals surface area contributed by atoms with Crippen LogP contribution in [-0.4, -0.2) is 17.3 Å². The fraction of sp³-hybridized carbons (Fsp3) is 0.667. The summed E-state index contributed by atoms with van der Waals surface area (Å²) in [6.45, 7) is 8.67.